The molecule has 0 aromatic carbocycles. The molecule has 0 radical (unpaired) electrons. The molecule has 3 nitrogen and oxygen atoms in total. The van der Waals surface area contributed by atoms with Crippen molar-refractivity contribution >= 4 is 5.97 Å². The molecule has 58 valence electrons. The van der Waals surface area contributed by atoms with E-state index in [9.17, 15) is 4.79 Å². The molecule has 0 aromatic heterocycles. The summed E-state index contributed by atoms with van der Waals surface area (Å²) in [5, 5.41) is 8.40. The van der Waals surface area contributed by atoms with Crippen LogP contribution in [0.4, 0.5) is 0 Å². The molecule has 0 saturated heterocycles. The Hall–Kier alpha value is -0.990. The van der Waals surface area contributed by atoms with E-state index < -0.39 is 5.97 Å². The number of nitrogens with two attached hydrogens (primary N) is 1. The molecule has 0 rings (SSSR count). The van der Waals surface area contributed by atoms with E-state index in [0.29, 0.717) is 0 Å². The fourth-order valence-electron chi connectivity index (χ4n) is 0.692. The number of hydrogen-bond donors (Lipinski definition) is 2. The fraction of sp³-hybridized carbons (Fsp3) is 0.571. The minimum absolute atomic E-state index is 0.0122. The van der Waals surface area contributed by atoms with Crippen LogP contribution in [-0.4, -0.2) is 11.1 Å². The Kier molecular flexibility index (Phi) is 3.54. The number of allylic oxidation sites excluding steroid dienone is 1. The normalized spacial score (nSPS) is 12.6. The van der Waals surface area contributed by atoms with Crippen LogP contribution >= 0.6 is 0 Å². The molecular formula is C7H13NO2. The molecule has 0 aliphatic rings. The van der Waals surface area contributed by atoms with Gasteiger partial charge in [0.25, 0.3) is 0 Å². The van der Waals surface area contributed by atoms with Crippen molar-refractivity contribution < 1.29 is 9.90 Å². The molecule has 0 atom stereocenters. The van der Waals surface area contributed by atoms with Crippen molar-refractivity contribution in [3.05, 3.63) is 11.3 Å². The Morgan fingerprint density at radius 3 is 2.40 bits per heavy atom. The first kappa shape index (κ1) is 9.01. The average Bonchev–Trinajstić information content (AvgIpc) is 1.87. The van der Waals surface area contributed by atoms with Crippen molar-refractivity contribution in [2.75, 3.05) is 0 Å². The van der Waals surface area contributed by atoms with Gasteiger partial charge in [0.2, 0.25) is 0 Å². The summed E-state index contributed by atoms with van der Waals surface area (Å²) in [6.07, 6.45) is 1.69. The maximum absolute atomic E-state index is 10.2. The lowest BCUT2D eigenvalue weighted by molar-refractivity contribution is -0.132. The Bertz CT molecular complexity index is 161. The van der Waals surface area contributed by atoms with Crippen LogP contribution in [0.15, 0.2) is 11.3 Å². The third-order valence-corrected chi connectivity index (χ3v) is 1.32. The molecular weight excluding hydrogens is 130 g/mol. The maximum atomic E-state index is 10.2. The van der Waals surface area contributed by atoms with Gasteiger partial charge in [-0.2, -0.15) is 0 Å². The highest BCUT2D eigenvalue weighted by molar-refractivity contribution is 5.86. The second-order valence-corrected chi connectivity index (χ2v) is 2.25. The smallest absolute Gasteiger partial charge is 0.351 e. The van der Waals surface area contributed by atoms with Crippen LogP contribution in [-0.2, 0) is 4.79 Å². The van der Waals surface area contributed by atoms with Crippen molar-refractivity contribution in [2.45, 2.75) is 26.7 Å². The van der Waals surface area contributed by atoms with Crippen molar-refractivity contribution in [1.29, 1.82) is 0 Å². The van der Waals surface area contributed by atoms with Crippen LogP contribution in [0.25, 0.3) is 0 Å². The molecule has 10 heavy (non-hydrogen) atoms. The minimum atomic E-state index is -1.02. The molecule has 3 N–H and O–H groups in total. The summed E-state index contributed by atoms with van der Waals surface area (Å²) in [6, 6.07) is 0. The Balaban J connectivity index is 4.19. The minimum Gasteiger partial charge on any atom is -0.477 e. The zero-order chi connectivity index (χ0) is 8.15. The summed E-state index contributed by atoms with van der Waals surface area (Å²) in [4.78, 5) is 10.2. The van der Waals surface area contributed by atoms with Crippen molar-refractivity contribution in [3.8, 4) is 0 Å². The Labute approximate surface area is 60.5 Å². The van der Waals surface area contributed by atoms with Gasteiger partial charge in [0, 0.05) is 0 Å². The predicted molar refractivity (Wildman–Crippen MR) is 39.4 cm³/mol. The van der Waals surface area contributed by atoms with Gasteiger partial charge in [-0.1, -0.05) is 13.3 Å². The number of aliphatic carboxylic acids is 1. The van der Waals surface area contributed by atoms with E-state index in [1.165, 1.54) is 0 Å². The van der Waals surface area contributed by atoms with Crippen LogP contribution < -0.4 is 5.73 Å². The summed E-state index contributed by atoms with van der Waals surface area (Å²) >= 11 is 0. The highest BCUT2D eigenvalue weighted by atomic mass is 16.4. The zero-order valence-electron chi connectivity index (χ0n) is 6.35. The predicted octanol–water partition coefficient (Wildman–Crippen LogP) is 1.10. The SMILES string of the molecule is CCCC(C)=C(N)C(=O)O. The van der Waals surface area contributed by atoms with Gasteiger partial charge in [-0.05, 0) is 18.9 Å². The summed E-state index contributed by atoms with van der Waals surface area (Å²) in [6.45, 7) is 3.73. The van der Waals surface area contributed by atoms with Gasteiger partial charge in [-0.3, -0.25) is 0 Å². The van der Waals surface area contributed by atoms with Crippen LogP contribution in [0.5, 0.6) is 0 Å². The molecule has 0 fully saturated rings. The number of rotatable bonds is 3. The van der Waals surface area contributed by atoms with Gasteiger partial charge in [0.15, 0.2) is 0 Å². The van der Waals surface area contributed by atoms with Gasteiger partial charge >= 0.3 is 5.97 Å². The third kappa shape index (κ3) is 2.53. The molecule has 0 aliphatic heterocycles. The van der Waals surface area contributed by atoms with E-state index in [2.05, 4.69) is 0 Å². The van der Waals surface area contributed by atoms with Crippen LogP contribution in [0.1, 0.15) is 26.7 Å². The fourth-order valence-corrected chi connectivity index (χ4v) is 0.692. The Morgan fingerprint density at radius 1 is 1.60 bits per heavy atom. The molecule has 0 heterocycles. The third-order valence-electron chi connectivity index (χ3n) is 1.32. The van der Waals surface area contributed by atoms with Crippen LogP contribution in [0.3, 0.4) is 0 Å². The summed E-state index contributed by atoms with van der Waals surface area (Å²) < 4.78 is 0. The lowest BCUT2D eigenvalue weighted by Crippen LogP contribution is -2.12. The lowest BCUT2D eigenvalue weighted by atomic mass is 10.1. The topological polar surface area (TPSA) is 63.3 Å². The van der Waals surface area contributed by atoms with Crippen molar-refractivity contribution in [3.63, 3.8) is 0 Å². The van der Waals surface area contributed by atoms with E-state index in [0.717, 1.165) is 18.4 Å². The van der Waals surface area contributed by atoms with E-state index in [4.69, 9.17) is 10.8 Å². The standard InChI is InChI=1S/C7H13NO2/c1-3-4-5(2)6(8)7(9)10/h3-4,8H2,1-2H3,(H,9,10). The van der Waals surface area contributed by atoms with E-state index in [1.807, 2.05) is 6.92 Å². The van der Waals surface area contributed by atoms with Gasteiger partial charge in [-0.25, -0.2) is 4.79 Å². The monoisotopic (exact) mass is 143 g/mol. The molecule has 0 amide bonds. The molecule has 0 bridgehead atoms. The quantitative estimate of drug-likeness (QED) is 0.581. The van der Waals surface area contributed by atoms with E-state index in [-0.39, 0.29) is 5.70 Å². The Morgan fingerprint density at radius 2 is 2.10 bits per heavy atom. The van der Waals surface area contributed by atoms with Gasteiger partial charge < -0.3 is 10.8 Å². The lowest BCUT2D eigenvalue weighted by Gasteiger charge is -1.99. The van der Waals surface area contributed by atoms with Crippen molar-refractivity contribution in [1.82, 2.24) is 0 Å². The van der Waals surface area contributed by atoms with Crippen LogP contribution in [0.2, 0.25) is 0 Å². The van der Waals surface area contributed by atoms with Gasteiger partial charge in [0.05, 0.1) is 0 Å². The highest BCUT2D eigenvalue weighted by Gasteiger charge is 2.04. The summed E-state index contributed by atoms with van der Waals surface area (Å²) in [7, 11) is 0. The number of carboxylic acid groups (broad SMARTS) is 1. The first-order valence-corrected chi connectivity index (χ1v) is 3.28. The van der Waals surface area contributed by atoms with E-state index >= 15 is 0 Å². The first-order valence-electron chi connectivity index (χ1n) is 3.28. The molecule has 0 aromatic rings. The number of carbonyl (C=O) groups is 1. The number of carboxylic acids is 1. The average molecular weight is 143 g/mol. The zero-order valence-corrected chi connectivity index (χ0v) is 6.35. The molecule has 0 spiro atoms. The van der Waals surface area contributed by atoms with Crippen LogP contribution in [0, 0.1) is 0 Å². The molecule has 0 unspecified atom stereocenters. The summed E-state index contributed by atoms with van der Waals surface area (Å²) in [5.41, 5.74) is 5.97. The van der Waals surface area contributed by atoms with E-state index in [1.54, 1.807) is 6.92 Å². The number of hydrogen-bond acceptors (Lipinski definition) is 2. The maximum Gasteiger partial charge on any atom is 0.351 e. The van der Waals surface area contributed by atoms with Gasteiger partial charge in [0.1, 0.15) is 5.70 Å². The molecule has 0 aliphatic carbocycles. The largest absolute Gasteiger partial charge is 0.477 e. The second kappa shape index (κ2) is 3.93. The first-order chi connectivity index (χ1) is 4.59. The summed E-state index contributed by atoms with van der Waals surface area (Å²) in [5.74, 6) is -1.02. The molecule has 0 saturated carbocycles. The second-order valence-electron chi connectivity index (χ2n) is 2.25. The van der Waals surface area contributed by atoms with Crippen molar-refractivity contribution in [2.24, 2.45) is 5.73 Å². The highest BCUT2D eigenvalue weighted by Crippen LogP contribution is 2.05. The molecule has 3 heteroatoms. The van der Waals surface area contributed by atoms with Gasteiger partial charge in [-0.15, -0.1) is 0 Å².